The highest BCUT2D eigenvalue weighted by Crippen LogP contribution is 2.60. The van der Waals surface area contributed by atoms with Gasteiger partial charge in [0, 0.05) is 39.2 Å². The molecule has 5 fully saturated rings. The number of nitrogens with two attached hydrogens (primary N) is 2. The van der Waals surface area contributed by atoms with Gasteiger partial charge in [-0.25, -0.2) is 0 Å². The van der Waals surface area contributed by atoms with E-state index in [9.17, 15) is 24.0 Å². The van der Waals surface area contributed by atoms with E-state index in [-0.39, 0.29) is 43.8 Å². The summed E-state index contributed by atoms with van der Waals surface area (Å²) in [5, 5.41) is 11.7. The van der Waals surface area contributed by atoms with Gasteiger partial charge in [-0.15, -0.1) is 0 Å². The monoisotopic (exact) mass is 804 g/mol. The standard InChI is InChI=1S/C42H73N7O8/c1-5-11-34-39(52)48-36(29-12-8-6-7-9-13-29)40(53)46-32(23-44)37(50)47-33(25-56-30-14-17-55-31(19-30)22-43)38(51)45-26(2)24-57-35(27(3)41(54)49(34)4)18-28-20-42(21-28)15-10-16-42/h26-36H,5-25,43-44H2,1-4H3,(H,45,51)(H,46,53)(H,47,50)(H,48,52)/t26-,27?,30?,31?,32?,33?,34?,35-,36?/m1/s1. The minimum atomic E-state index is -1.19. The summed E-state index contributed by atoms with van der Waals surface area (Å²) in [4.78, 5) is 72.3. The second-order valence-corrected chi connectivity index (χ2v) is 18.0. The van der Waals surface area contributed by atoms with Gasteiger partial charge in [-0.2, -0.15) is 0 Å². The number of ether oxygens (including phenoxy) is 3. The van der Waals surface area contributed by atoms with E-state index in [1.165, 1.54) is 24.2 Å². The Morgan fingerprint density at radius 1 is 0.807 bits per heavy atom. The Hall–Kier alpha value is -2.85. The van der Waals surface area contributed by atoms with E-state index in [0.717, 1.165) is 51.4 Å². The zero-order valence-electron chi connectivity index (χ0n) is 35.1. The summed E-state index contributed by atoms with van der Waals surface area (Å²) in [5.41, 5.74) is 12.4. The van der Waals surface area contributed by atoms with Crippen LogP contribution in [0.25, 0.3) is 0 Å². The van der Waals surface area contributed by atoms with E-state index in [2.05, 4.69) is 21.3 Å². The molecular formula is C42H73N7O8. The summed E-state index contributed by atoms with van der Waals surface area (Å²) in [6.45, 7) is 6.26. The molecule has 9 atom stereocenters. The summed E-state index contributed by atoms with van der Waals surface area (Å²) in [6.07, 6.45) is 13.6. The molecule has 5 rings (SSSR count). The SMILES string of the molecule is CCCC1C(=O)NC(C2CCCCCC2)C(=O)NC(CN)C(=O)NC(COC2CCOC(CN)C2)C(=O)N[C@H](C)CO[C@H](CC2CC3(CCC3)C2)C(C)C(=O)N1C. The third kappa shape index (κ3) is 12.1. The van der Waals surface area contributed by atoms with Crippen molar-refractivity contribution in [3.8, 4) is 0 Å². The highest BCUT2D eigenvalue weighted by molar-refractivity contribution is 5.96. The Kier molecular flexibility index (Phi) is 17.0. The van der Waals surface area contributed by atoms with Gasteiger partial charge < -0.3 is 51.8 Å². The number of carbonyl (C=O) groups is 5. The highest BCUT2D eigenvalue weighted by atomic mass is 16.5. The maximum Gasteiger partial charge on any atom is 0.245 e. The molecule has 5 aliphatic rings. The largest absolute Gasteiger partial charge is 0.377 e. The topological polar surface area (TPSA) is 216 Å². The first-order valence-corrected chi connectivity index (χ1v) is 22.1. The number of nitrogens with one attached hydrogen (secondary N) is 4. The number of carbonyl (C=O) groups excluding carboxylic acids is 5. The van der Waals surface area contributed by atoms with Gasteiger partial charge in [0.25, 0.3) is 0 Å². The fourth-order valence-electron chi connectivity index (χ4n) is 9.86. The molecule has 15 heteroatoms. The van der Waals surface area contributed by atoms with Crippen molar-refractivity contribution in [2.45, 2.75) is 172 Å². The van der Waals surface area contributed by atoms with Crippen molar-refractivity contribution in [3.63, 3.8) is 0 Å². The molecule has 8 N–H and O–H groups in total. The van der Waals surface area contributed by atoms with Crippen LogP contribution in [0.5, 0.6) is 0 Å². The predicted octanol–water partition coefficient (Wildman–Crippen LogP) is 2.03. The third-order valence-corrected chi connectivity index (χ3v) is 13.5. The lowest BCUT2D eigenvalue weighted by molar-refractivity contribution is -0.148. The first-order chi connectivity index (χ1) is 27.4. The van der Waals surface area contributed by atoms with Gasteiger partial charge in [-0.1, -0.05) is 52.4 Å². The van der Waals surface area contributed by atoms with Gasteiger partial charge >= 0.3 is 0 Å². The quantitative estimate of drug-likeness (QED) is 0.177. The maximum atomic E-state index is 14.4. The fraction of sp³-hybridized carbons (Fsp3) is 0.881. The molecule has 2 saturated heterocycles. The first kappa shape index (κ1) is 45.2. The van der Waals surface area contributed by atoms with E-state index in [1.54, 1.807) is 7.05 Å². The minimum absolute atomic E-state index is 0.123. The minimum Gasteiger partial charge on any atom is -0.377 e. The lowest BCUT2D eigenvalue weighted by Crippen LogP contribution is -2.62. The van der Waals surface area contributed by atoms with Crippen LogP contribution in [0, 0.1) is 23.2 Å². The molecule has 0 aromatic rings. The molecule has 0 bridgehead atoms. The molecule has 3 saturated carbocycles. The van der Waals surface area contributed by atoms with E-state index in [1.807, 2.05) is 20.8 Å². The lowest BCUT2D eigenvalue weighted by Gasteiger charge is -2.55. The highest BCUT2D eigenvalue weighted by Gasteiger charge is 2.49. The number of amides is 5. The molecule has 324 valence electrons. The summed E-state index contributed by atoms with van der Waals surface area (Å²) in [5.74, 6) is -2.52. The van der Waals surface area contributed by atoms with Gasteiger partial charge in [0.2, 0.25) is 29.5 Å². The number of hydrogen-bond acceptors (Lipinski definition) is 10. The zero-order valence-corrected chi connectivity index (χ0v) is 35.1. The first-order valence-electron chi connectivity index (χ1n) is 22.1. The van der Waals surface area contributed by atoms with E-state index in [0.29, 0.717) is 56.6 Å². The second kappa shape index (κ2) is 21.4. The number of hydrogen-bond donors (Lipinski definition) is 6. The van der Waals surface area contributed by atoms with Crippen molar-refractivity contribution < 1.29 is 38.2 Å². The van der Waals surface area contributed by atoms with Crippen molar-refractivity contribution in [2.24, 2.45) is 34.6 Å². The second-order valence-electron chi connectivity index (χ2n) is 18.0. The summed E-state index contributed by atoms with van der Waals surface area (Å²) >= 11 is 0. The molecule has 7 unspecified atom stereocenters. The van der Waals surface area contributed by atoms with Crippen LogP contribution in [0.15, 0.2) is 0 Å². The summed E-state index contributed by atoms with van der Waals surface area (Å²) < 4.78 is 18.4. The normalized spacial score (nSPS) is 34.7. The molecule has 2 heterocycles. The van der Waals surface area contributed by atoms with Gasteiger partial charge in [0.05, 0.1) is 37.4 Å². The van der Waals surface area contributed by atoms with Crippen molar-refractivity contribution in [1.29, 1.82) is 0 Å². The maximum absolute atomic E-state index is 14.4. The molecule has 0 aromatic carbocycles. The average molecular weight is 804 g/mol. The summed E-state index contributed by atoms with van der Waals surface area (Å²) in [7, 11) is 1.67. The molecule has 0 radical (unpaired) electrons. The molecular weight excluding hydrogens is 731 g/mol. The zero-order chi connectivity index (χ0) is 41.1. The van der Waals surface area contributed by atoms with Crippen LogP contribution in [0.2, 0.25) is 0 Å². The van der Waals surface area contributed by atoms with E-state index < -0.39 is 65.9 Å². The molecule has 5 amide bonds. The van der Waals surface area contributed by atoms with Crippen LogP contribution in [-0.2, 0) is 38.2 Å². The van der Waals surface area contributed by atoms with Crippen molar-refractivity contribution in [2.75, 3.05) is 40.0 Å². The van der Waals surface area contributed by atoms with Crippen LogP contribution in [-0.4, -0.2) is 123 Å². The number of nitrogens with zero attached hydrogens (tertiary/aromatic N) is 1. The summed E-state index contributed by atoms with van der Waals surface area (Å²) in [6, 6.07) is -4.53. The Morgan fingerprint density at radius 2 is 1.49 bits per heavy atom. The van der Waals surface area contributed by atoms with Gasteiger partial charge in [-0.05, 0) is 82.0 Å². The van der Waals surface area contributed by atoms with Crippen molar-refractivity contribution in [1.82, 2.24) is 26.2 Å². The van der Waals surface area contributed by atoms with Crippen molar-refractivity contribution in [3.05, 3.63) is 0 Å². The molecule has 15 nitrogen and oxygen atoms in total. The molecule has 2 aliphatic heterocycles. The predicted molar refractivity (Wildman–Crippen MR) is 215 cm³/mol. The van der Waals surface area contributed by atoms with Gasteiger partial charge in [0.1, 0.15) is 24.2 Å². The van der Waals surface area contributed by atoms with Crippen LogP contribution < -0.4 is 32.7 Å². The van der Waals surface area contributed by atoms with Crippen LogP contribution in [0.3, 0.4) is 0 Å². The van der Waals surface area contributed by atoms with Gasteiger partial charge in [0.15, 0.2) is 0 Å². The Labute approximate surface area is 339 Å². The van der Waals surface area contributed by atoms with Crippen LogP contribution in [0.1, 0.15) is 124 Å². The van der Waals surface area contributed by atoms with Crippen LogP contribution in [0.4, 0.5) is 0 Å². The molecule has 1 spiro atoms. The molecule has 0 aromatic heterocycles. The fourth-order valence-corrected chi connectivity index (χ4v) is 9.86. The number of rotatable bonds is 10. The lowest BCUT2D eigenvalue weighted by atomic mass is 9.51. The molecule has 57 heavy (non-hydrogen) atoms. The molecule has 3 aliphatic carbocycles. The van der Waals surface area contributed by atoms with Crippen LogP contribution >= 0.6 is 0 Å². The Bertz CT molecular complexity index is 1350. The van der Waals surface area contributed by atoms with E-state index in [4.69, 9.17) is 25.7 Å². The van der Waals surface area contributed by atoms with Gasteiger partial charge in [-0.3, -0.25) is 24.0 Å². The number of likely N-dealkylation sites (N-methyl/N-ethyl adjacent to an activating group) is 1. The third-order valence-electron chi connectivity index (χ3n) is 13.5. The Morgan fingerprint density at radius 3 is 2.12 bits per heavy atom. The average Bonchev–Trinajstić information content (AvgIpc) is 3.46. The smallest absolute Gasteiger partial charge is 0.245 e. The Balaban J connectivity index is 1.42. The van der Waals surface area contributed by atoms with E-state index >= 15 is 0 Å². The van der Waals surface area contributed by atoms with Crippen molar-refractivity contribution >= 4 is 29.5 Å².